The molecule has 0 radical (unpaired) electrons. The Balaban J connectivity index is 0.0000260. The van der Waals surface area contributed by atoms with Gasteiger partial charge in [-0.2, -0.15) is 43.9 Å². The largest absolute Gasteiger partial charge is 0.479 e. The quantitative estimate of drug-likeness (QED) is 0.0507. The van der Waals surface area contributed by atoms with Gasteiger partial charge in [-0.25, -0.2) is 4.39 Å². The number of halogens is 12. The second kappa shape index (κ2) is 17.9. The minimum absolute atomic E-state index is 0. The molecule has 2 atom stereocenters. The zero-order chi connectivity index (χ0) is 40.1. The van der Waals surface area contributed by atoms with Crippen molar-refractivity contribution >= 4 is 60.6 Å². The number of hydrogen-bond acceptors (Lipinski definition) is 7. The summed E-state index contributed by atoms with van der Waals surface area (Å²) < 4.78 is 187. The van der Waals surface area contributed by atoms with E-state index in [1.807, 2.05) is 12.1 Å². The maximum absolute atomic E-state index is 15.0. The van der Waals surface area contributed by atoms with Crippen molar-refractivity contribution in [2.24, 2.45) is 0 Å². The normalized spacial score (nSPS) is 15.8. The summed E-state index contributed by atoms with van der Waals surface area (Å²) in [6, 6.07) is 7.69. The Labute approximate surface area is 294 Å². The summed E-state index contributed by atoms with van der Waals surface area (Å²) in [5.41, 5.74) is 0.619. The maximum Gasteiger partial charge on any atom is 0.478 e. The van der Waals surface area contributed by atoms with Gasteiger partial charge in [-0.05, 0) is 56.9 Å². The van der Waals surface area contributed by atoms with Crippen LogP contribution >= 0.6 is 0 Å². The van der Waals surface area contributed by atoms with Crippen LogP contribution in [0.25, 0.3) is 0 Å². The van der Waals surface area contributed by atoms with Crippen molar-refractivity contribution in [3.8, 4) is 0 Å². The van der Waals surface area contributed by atoms with Crippen LogP contribution in [0, 0.1) is 0 Å². The fourth-order valence-corrected chi connectivity index (χ4v) is 24.2. The zero-order valence-electron chi connectivity index (χ0n) is 29.9. The Morgan fingerprint density at radius 2 is 1.35 bits per heavy atom. The maximum atomic E-state index is 15.0. The van der Waals surface area contributed by atoms with Crippen LogP contribution in [-0.4, -0.2) is 93.4 Å². The van der Waals surface area contributed by atoms with Crippen molar-refractivity contribution in [3.05, 3.63) is 24.3 Å². The Kier molecular flexibility index (Phi) is 17.1. The van der Waals surface area contributed by atoms with Crippen LogP contribution in [-0.2, 0) is 31.6 Å². The Hall–Kier alpha value is -2.31. The molecule has 1 aromatic carbocycles. The SMILES string of the molecule is CN([C-]=O)c1cccc([Si](C)(C)CC[Si](C)(C)O[Si](CCC(F)OC(F)(F)C(F)(OC(F)(F)C(F)(F)OF)C(F)(F)F)(O[SiH](C)C)O[SiH](C)C)c1.[Rf]. The molecule has 0 aliphatic carbocycles. The molecule has 8 nitrogen and oxygen atoms in total. The number of benzene rings is 1. The molecule has 0 aliphatic heterocycles. The van der Waals surface area contributed by atoms with E-state index in [1.165, 1.54) is 9.84 Å². The molecule has 2 unspecified atom stereocenters. The molecule has 0 heterocycles. The minimum atomic E-state index is -7.26. The molecule has 0 bridgehead atoms. The number of rotatable bonds is 22. The van der Waals surface area contributed by atoms with Crippen LogP contribution < -0.4 is 10.1 Å². The molecule has 0 saturated heterocycles. The van der Waals surface area contributed by atoms with Gasteiger partial charge in [-0.15, -0.1) is 22.8 Å². The van der Waals surface area contributed by atoms with Crippen LogP contribution in [0.5, 0.6) is 0 Å². The summed E-state index contributed by atoms with van der Waals surface area (Å²) in [4.78, 5) is 13.9. The molecular formula is C26H42F12NO7RfSi5-. The van der Waals surface area contributed by atoms with Gasteiger partial charge in [-0.3, -0.25) is 9.47 Å². The van der Waals surface area contributed by atoms with Crippen molar-refractivity contribution in [3.63, 3.8) is 0 Å². The van der Waals surface area contributed by atoms with Crippen molar-refractivity contribution in [1.29, 1.82) is 0 Å². The van der Waals surface area contributed by atoms with Gasteiger partial charge in [0.15, 0.2) is 26.4 Å². The van der Waals surface area contributed by atoms with E-state index in [4.69, 9.17) is 12.3 Å². The third-order valence-electron chi connectivity index (χ3n) is 7.16. The van der Waals surface area contributed by atoms with Crippen molar-refractivity contribution in [1.82, 2.24) is 0 Å². The van der Waals surface area contributed by atoms with E-state index in [0.717, 1.165) is 5.19 Å². The Bertz CT molecular complexity index is 1280. The van der Waals surface area contributed by atoms with Crippen molar-refractivity contribution in [2.45, 2.75) is 114 Å². The summed E-state index contributed by atoms with van der Waals surface area (Å²) >= 11 is 0. The predicted molar refractivity (Wildman–Crippen MR) is 175 cm³/mol. The first kappa shape index (κ1) is 49.7. The van der Waals surface area contributed by atoms with Crippen LogP contribution in [0.2, 0.25) is 70.5 Å². The predicted octanol–water partition coefficient (Wildman–Crippen LogP) is 7.89. The van der Waals surface area contributed by atoms with Gasteiger partial charge in [0.1, 0.15) is 0 Å². The molecule has 1 aromatic rings. The third kappa shape index (κ3) is 12.9. The van der Waals surface area contributed by atoms with Crippen LogP contribution in [0.4, 0.5) is 58.5 Å². The monoisotopic (exact) mass is 1120 g/mol. The molecule has 0 fully saturated rings. The molecule has 0 saturated carbocycles. The zero-order valence-corrected chi connectivity index (χ0v) is 41.6. The molecular weight excluding hydrogens is 1070 g/mol. The molecule has 1 amide bonds. The number of nitrogens with zero attached hydrogens (tertiary/aromatic N) is 1. The van der Waals surface area contributed by atoms with Crippen LogP contribution in [0.1, 0.15) is 6.42 Å². The molecule has 300 valence electrons. The summed E-state index contributed by atoms with van der Waals surface area (Å²) in [6.45, 7) is 14.4. The van der Waals surface area contributed by atoms with Crippen LogP contribution in [0.15, 0.2) is 24.3 Å². The second-order valence-corrected chi connectivity index (χ2v) is 31.0. The van der Waals surface area contributed by atoms with Crippen molar-refractivity contribution < 1.29 is 84.4 Å². The van der Waals surface area contributed by atoms with Gasteiger partial charge in [0.2, 0.25) is 6.36 Å². The van der Waals surface area contributed by atoms with Crippen LogP contribution in [0.3, 0.4) is 0 Å². The molecule has 1 rings (SSSR count). The molecule has 0 aliphatic rings. The molecule has 0 aromatic heterocycles. The molecule has 52 heavy (non-hydrogen) atoms. The van der Waals surface area contributed by atoms with Gasteiger partial charge >= 0.3 is 39.2 Å². The molecule has 26 heteroatoms. The summed E-state index contributed by atoms with van der Waals surface area (Å²) in [6.07, 6.45) is -30.8. The minimum Gasteiger partial charge on any atom is -0.479 e. The van der Waals surface area contributed by atoms with Crippen molar-refractivity contribution in [2.75, 3.05) is 11.9 Å². The van der Waals surface area contributed by atoms with E-state index in [1.54, 1.807) is 64.9 Å². The van der Waals surface area contributed by atoms with E-state index in [2.05, 4.69) is 22.6 Å². The first-order valence-corrected chi connectivity index (χ1v) is 29.1. The van der Waals surface area contributed by atoms with Gasteiger partial charge in [0, 0.05) is 12.5 Å². The number of ether oxygens (including phenoxy) is 2. The van der Waals surface area contributed by atoms with Gasteiger partial charge in [-0.1, -0.05) is 36.5 Å². The number of hydrogen-bond donors (Lipinski definition) is 0. The fourth-order valence-electron chi connectivity index (χ4n) is 4.53. The van der Waals surface area contributed by atoms with E-state index in [0.29, 0.717) is 17.8 Å². The molecule has 0 N–H and O–H groups in total. The van der Waals surface area contributed by atoms with Gasteiger partial charge in [0.05, 0.1) is 14.5 Å². The Morgan fingerprint density at radius 3 is 1.79 bits per heavy atom. The van der Waals surface area contributed by atoms with E-state index in [9.17, 15) is 57.6 Å². The van der Waals surface area contributed by atoms with E-state index in [-0.39, 0.29) is 0 Å². The van der Waals surface area contributed by atoms with E-state index >= 15 is 0 Å². The smallest absolute Gasteiger partial charge is 0.478 e. The topological polar surface area (TPSA) is 75.7 Å². The number of anilines is 1. The standard InChI is InChI=1S/C26H42F12NO7Si5.Rf/c1-39(18-40)19-11-10-12-20(17-19)49(6,7)15-16-50(8,9)46-51(44-47(2)3,45-48(4)5)14-13-21(27)41-24(32,33)22(28,23(29,30)31)42-25(34,35)26(36,37)43-38;/h10-12,17,21,47-48H,13-16H2,1-9H3;/q-1;. The number of carbonyl (C=O) groups excluding carboxylic acids is 1. The van der Waals surface area contributed by atoms with Gasteiger partial charge < -0.3 is 22.0 Å². The van der Waals surface area contributed by atoms with Gasteiger partial charge in [0.25, 0.3) is 0 Å². The average molecular weight is 1120 g/mol. The Morgan fingerprint density at radius 1 is 0.827 bits per heavy atom. The third-order valence-corrected chi connectivity index (χ3v) is 23.5. The number of alkyl halides is 11. The average Bonchev–Trinajstić information content (AvgIpc) is 2.96. The molecule has 0 spiro atoms. The number of amides is 1. The summed E-state index contributed by atoms with van der Waals surface area (Å²) in [5, 5.41) is 0.996. The first-order chi connectivity index (χ1) is 22.8. The second-order valence-electron chi connectivity index (χ2n) is 13.4. The summed E-state index contributed by atoms with van der Waals surface area (Å²) in [5.74, 6) is -7.13. The summed E-state index contributed by atoms with van der Waals surface area (Å²) in [7, 11) is -12.0. The fraction of sp³-hybridized carbons (Fsp3) is 0.731. The first-order valence-electron chi connectivity index (χ1n) is 15.3. The van der Waals surface area contributed by atoms with E-state index < -0.39 is 92.5 Å².